The molecule has 4 heteroatoms. The van der Waals surface area contributed by atoms with Crippen LogP contribution >= 0.6 is 7.80 Å². The topological polar surface area (TPSA) is 35.5 Å². The highest BCUT2D eigenvalue weighted by atomic mass is 31.1. The number of rotatable bonds is 5. The van der Waals surface area contributed by atoms with Crippen molar-refractivity contribution in [2.45, 2.75) is 6.16 Å². The van der Waals surface area contributed by atoms with E-state index in [-0.39, 0.29) is 0 Å². The molecular formula is C15H17O3P. The van der Waals surface area contributed by atoms with Crippen LogP contribution in [0.1, 0.15) is 5.56 Å². The fourth-order valence-corrected chi connectivity index (χ4v) is 3.47. The molecule has 0 aliphatic rings. The molecule has 2 aromatic carbocycles. The van der Waals surface area contributed by atoms with Gasteiger partial charge in [-0.05, 0) is 23.8 Å². The molecule has 1 unspecified atom stereocenters. The molecule has 0 saturated carbocycles. The van der Waals surface area contributed by atoms with Crippen LogP contribution in [-0.2, 0) is 10.7 Å². The van der Waals surface area contributed by atoms with Gasteiger partial charge in [-0.2, -0.15) is 0 Å². The summed E-state index contributed by atoms with van der Waals surface area (Å²) in [6.07, 6.45) is 0.537. The molecule has 0 aromatic heterocycles. The second kappa shape index (κ2) is 6.44. The lowest BCUT2D eigenvalue weighted by molar-refractivity contribution is 0.405. The predicted molar refractivity (Wildman–Crippen MR) is 78.3 cm³/mol. The van der Waals surface area contributed by atoms with Gasteiger partial charge in [0.15, 0.2) is 0 Å². The largest absolute Gasteiger partial charge is 0.497 e. The predicted octanol–water partition coefficient (Wildman–Crippen LogP) is 3.09. The van der Waals surface area contributed by atoms with Crippen molar-refractivity contribution in [2.75, 3.05) is 14.2 Å². The third kappa shape index (κ3) is 3.39. The lowest BCUT2D eigenvalue weighted by Crippen LogP contribution is -2.04. The molecular weight excluding hydrogens is 259 g/mol. The summed E-state index contributed by atoms with van der Waals surface area (Å²) < 4.78 is 23.0. The van der Waals surface area contributed by atoms with Crippen LogP contribution in [0.5, 0.6) is 11.5 Å². The highest BCUT2D eigenvalue weighted by Gasteiger charge is 2.12. The molecule has 0 fully saturated rings. The smallest absolute Gasteiger partial charge is 0.129 e. The van der Waals surface area contributed by atoms with Crippen LogP contribution in [0.2, 0.25) is 0 Å². The van der Waals surface area contributed by atoms with Crippen molar-refractivity contribution in [1.82, 2.24) is 0 Å². The molecule has 0 aliphatic carbocycles. The number of hydrogen-bond donors (Lipinski definition) is 0. The van der Waals surface area contributed by atoms with E-state index >= 15 is 0 Å². The van der Waals surface area contributed by atoms with Crippen LogP contribution in [0.15, 0.2) is 48.5 Å². The van der Waals surface area contributed by atoms with Gasteiger partial charge in [0, 0.05) is 6.16 Å². The van der Waals surface area contributed by atoms with Crippen molar-refractivity contribution >= 4 is 13.1 Å². The van der Waals surface area contributed by atoms with E-state index in [0.29, 0.717) is 17.7 Å². The van der Waals surface area contributed by atoms with Crippen molar-refractivity contribution in [1.29, 1.82) is 0 Å². The zero-order chi connectivity index (χ0) is 13.7. The van der Waals surface area contributed by atoms with Crippen LogP contribution in [0.4, 0.5) is 0 Å². The Morgan fingerprint density at radius 3 is 2.37 bits per heavy atom. The molecule has 0 radical (unpaired) electrons. The van der Waals surface area contributed by atoms with Crippen LogP contribution in [0.25, 0.3) is 0 Å². The van der Waals surface area contributed by atoms with Crippen molar-refractivity contribution in [3.63, 3.8) is 0 Å². The van der Waals surface area contributed by atoms with E-state index in [2.05, 4.69) is 0 Å². The van der Waals surface area contributed by atoms with E-state index in [0.717, 1.165) is 10.9 Å². The maximum Gasteiger partial charge on any atom is 0.129 e. The van der Waals surface area contributed by atoms with Crippen LogP contribution in [-0.4, -0.2) is 14.2 Å². The Morgan fingerprint density at radius 2 is 1.74 bits per heavy atom. The summed E-state index contributed by atoms with van der Waals surface area (Å²) in [5.74, 6) is 1.35. The monoisotopic (exact) mass is 276 g/mol. The minimum Gasteiger partial charge on any atom is -0.497 e. The minimum atomic E-state index is -1.95. The molecule has 0 aliphatic heterocycles. The molecule has 0 saturated heterocycles. The Hall–Kier alpha value is -1.73. The van der Waals surface area contributed by atoms with Crippen molar-refractivity contribution in [3.05, 3.63) is 54.1 Å². The average Bonchev–Trinajstić information content (AvgIpc) is 2.47. The van der Waals surface area contributed by atoms with Gasteiger partial charge < -0.3 is 14.0 Å². The summed E-state index contributed by atoms with van der Waals surface area (Å²) in [7, 11) is 1.24. The standard InChI is InChI=1S/C15H17O3P/c1-17-13-8-9-14(18-2)15(10-13)19(16)11-12-6-4-3-5-7-12/h3-10,19H,11H2,1-2H3. The third-order valence-corrected chi connectivity index (χ3v) is 4.64. The first-order valence-corrected chi connectivity index (χ1v) is 7.65. The van der Waals surface area contributed by atoms with Gasteiger partial charge in [0.1, 0.15) is 19.3 Å². The Morgan fingerprint density at radius 1 is 1.00 bits per heavy atom. The molecule has 0 N–H and O–H groups in total. The number of benzene rings is 2. The van der Waals surface area contributed by atoms with E-state index in [4.69, 9.17) is 9.47 Å². The summed E-state index contributed by atoms with van der Waals surface area (Å²) in [6, 6.07) is 15.2. The van der Waals surface area contributed by atoms with Gasteiger partial charge in [-0.3, -0.25) is 0 Å². The summed E-state index contributed by atoms with van der Waals surface area (Å²) in [4.78, 5) is 0. The summed E-state index contributed by atoms with van der Waals surface area (Å²) in [5.41, 5.74) is 1.07. The van der Waals surface area contributed by atoms with Crippen LogP contribution in [0.3, 0.4) is 0 Å². The molecule has 100 valence electrons. The third-order valence-electron chi connectivity index (χ3n) is 2.91. The molecule has 0 spiro atoms. The molecule has 0 amide bonds. The number of methoxy groups -OCH3 is 2. The zero-order valence-electron chi connectivity index (χ0n) is 11.1. The number of hydrogen-bond acceptors (Lipinski definition) is 3. The van der Waals surface area contributed by atoms with Crippen molar-refractivity contribution in [2.24, 2.45) is 0 Å². The van der Waals surface area contributed by atoms with Crippen molar-refractivity contribution in [3.8, 4) is 11.5 Å². The van der Waals surface area contributed by atoms with Gasteiger partial charge in [0.05, 0.1) is 19.5 Å². The van der Waals surface area contributed by atoms with Crippen LogP contribution < -0.4 is 14.8 Å². The first-order valence-electron chi connectivity index (χ1n) is 6.03. The van der Waals surface area contributed by atoms with Crippen molar-refractivity contribution < 1.29 is 14.0 Å². The Balaban J connectivity index is 2.27. The fraction of sp³-hybridized carbons (Fsp3) is 0.200. The van der Waals surface area contributed by atoms with Gasteiger partial charge in [-0.15, -0.1) is 0 Å². The zero-order valence-corrected chi connectivity index (χ0v) is 12.1. The lowest BCUT2D eigenvalue weighted by Gasteiger charge is -2.10. The Bertz CT molecular complexity index is 567. The van der Waals surface area contributed by atoms with Gasteiger partial charge in [0.2, 0.25) is 0 Å². The van der Waals surface area contributed by atoms with Gasteiger partial charge in [-0.1, -0.05) is 30.3 Å². The summed E-state index contributed by atoms with van der Waals surface area (Å²) >= 11 is 0. The minimum absolute atomic E-state index is 0.537. The summed E-state index contributed by atoms with van der Waals surface area (Å²) in [5, 5.41) is 0.732. The normalized spacial score (nSPS) is 11.9. The molecule has 19 heavy (non-hydrogen) atoms. The first kappa shape index (κ1) is 13.7. The van der Waals surface area contributed by atoms with Crippen LogP contribution in [0, 0.1) is 0 Å². The number of ether oxygens (including phenoxy) is 2. The molecule has 1 atom stereocenters. The Labute approximate surface area is 114 Å². The summed E-state index contributed by atoms with van der Waals surface area (Å²) in [6.45, 7) is 0. The maximum absolute atomic E-state index is 12.5. The van der Waals surface area contributed by atoms with Gasteiger partial charge in [0.25, 0.3) is 0 Å². The molecule has 3 nitrogen and oxygen atoms in total. The highest BCUT2D eigenvalue weighted by Crippen LogP contribution is 2.32. The fourth-order valence-electron chi connectivity index (χ4n) is 1.91. The quantitative estimate of drug-likeness (QED) is 0.787. The van der Waals surface area contributed by atoms with Gasteiger partial charge in [-0.25, -0.2) is 0 Å². The second-order valence-electron chi connectivity index (χ2n) is 4.15. The van der Waals surface area contributed by atoms with E-state index in [9.17, 15) is 4.57 Å². The average molecular weight is 276 g/mol. The van der Waals surface area contributed by atoms with Gasteiger partial charge >= 0.3 is 0 Å². The lowest BCUT2D eigenvalue weighted by atomic mass is 10.2. The van der Waals surface area contributed by atoms with E-state index in [1.807, 2.05) is 30.3 Å². The Kier molecular flexibility index (Phi) is 4.64. The highest BCUT2D eigenvalue weighted by molar-refractivity contribution is 7.53. The maximum atomic E-state index is 12.5. The second-order valence-corrected chi connectivity index (χ2v) is 5.89. The molecule has 0 heterocycles. The van der Waals surface area contributed by atoms with E-state index in [1.54, 1.807) is 32.4 Å². The van der Waals surface area contributed by atoms with E-state index in [1.165, 1.54) is 0 Å². The molecule has 0 bridgehead atoms. The SMILES string of the molecule is COc1ccc(OC)c([PH](=O)Cc2ccccc2)c1. The first-order chi connectivity index (χ1) is 9.24. The molecule has 2 rings (SSSR count). The van der Waals surface area contributed by atoms with E-state index < -0.39 is 7.80 Å². The molecule has 2 aromatic rings.